The third kappa shape index (κ3) is 2.62. The monoisotopic (exact) mass is 332 g/mol. The molecule has 0 spiro atoms. The molecule has 0 unspecified atom stereocenters. The number of Topliss-reactive ketones (excluding diaryl/α,β-unsaturated/α-hetero) is 1. The van der Waals surface area contributed by atoms with Gasteiger partial charge in [0.05, 0.1) is 5.56 Å². The average molecular weight is 332 g/mol. The first-order valence-corrected chi connectivity index (χ1v) is 6.75. The minimum atomic E-state index is -0.379. The van der Waals surface area contributed by atoms with Crippen LogP contribution in [0.2, 0.25) is 0 Å². The predicted octanol–water partition coefficient (Wildman–Crippen LogP) is 4.19. The Morgan fingerprint density at radius 3 is 2.62 bits per heavy atom. The molecular weight excluding hydrogens is 318 g/mol. The van der Waals surface area contributed by atoms with Crippen molar-refractivity contribution < 1.29 is 9.18 Å². The molecule has 86 valence electrons. The Bertz CT molecular complexity index is 397. The van der Waals surface area contributed by atoms with Crippen LogP contribution in [0, 0.1) is 15.3 Å². The number of rotatable bonds is 2. The van der Waals surface area contributed by atoms with Crippen LogP contribution in [0.3, 0.4) is 0 Å². The highest BCUT2D eigenvalue weighted by Crippen LogP contribution is 2.28. The molecule has 1 nitrogen and oxygen atoms in total. The predicted molar refractivity (Wildman–Crippen MR) is 70.0 cm³/mol. The molecule has 0 radical (unpaired) electrons. The minimum Gasteiger partial charge on any atom is -0.294 e. The van der Waals surface area contributed by atoms with Crippen molar-refractivity contribution in [3.8, 4) is 0 Å². The molecule has 1 saturated carbocycles. The van der Waals surface area contributed by atoms with E-state index in [0.29, 0.717) is 0 Å². The smallest absolute Gasteiger partial charge is 0.168 e. The summed E-state index contributed by atoms with van der Waals surface area (Å²) in [5, 5.41) is 0. The summed E-state index contributed by atoms with van der Waals surface area (Å²) in [6, 6.07) is 4.73. The van der Waals surface area contributed by atoms with Gasteiger partial charge in [0.25, 0.3) is 0 Å². The van der Waals surface area contributed by atoms with Crippen LogP contribution in [0.4, 0.5) is 4.39 Å². The third-order valence-electron chi connectivity index (χ3n) is 3.17. The van der Waals surface area contributed by atoms with E-state index < -0.39 is 0 Å². The number of halogens is 2. The second-order valence-corrected chi connectivity index (χ2v) is 5.57. The van der Waals surface area contributed by atoms with Crippen LogP contribution < -0.4 is 0 Å². The van der Waals surface area contributed by atoms with Crippen molar-refractivity contribution in [3.05, 3.63) is 33.1 Å². The lowest BCUT2D eigenvalue weighted by molar-refractivity contribution is 0.0885. The molecule has 1 aliphatic rings. The van der Waals surface area contributed by atoms with Crippen molar-refractivity contribution in [2.24, 2.45) is 5.92 Å². The summed E-state index contributed by atoms with van der Waals surface area (Å²) in [6.07, 6.45) is 5.25. The Morgan fingerprint density at radius 2 is 1.94 bits per heavy atom. The first-order valence-electron chi connectivity index (χ1n) is 5.68. The molecule has 3 heteroatoms. The molecule has 0 N–H and O–H groups in total. The maximum Gasteiger partial charge on any atom is 0.168 e. The average Bonchev–Trinajstić information content (AvgIpc) is 2.32. The van der Waals surface area contributed by atoms with Crippen LogP contribution in [0.15, 0.2) is 18.2 Å². The fraction of sp³-hybridized carbons (Fsp3) is 0.462. The normalized spacial score (nSPS) is 17.4. The molecule has 2 rings (SSSR count). The van der Waals surface area contributed by atoms with E-state index in [0.717, 1.165) is 29.3 Å². The second-order valence-electron chi connectivity index (χ2n) is 4.32. The van der Waals surface area contributed by atoms with Crippen LogP contribution in [0.5, 0.6) is 0 Å². The maximum absolute atomic E-state index is 13.6. The summed E-state index contributed by atoms with van der Waals surface area (Å²) >= 11 is 2.11. The van der Waals surface area contributed by atoms with Crippen LogP contribution in [-0.4, -0.2) is 5.78 Å². The van der Waals surface area contributed by atoms with Gasteiger partial charge in [-0.15, -0.1) is 0 Å². The summed E-state index contributed by atoms with van der Waals surface area (Å²) in [7, 11) is 0. The molecule has 0 heterocycles. The van der Waals surface area contributed by atoms with Crippen LogP contribution in [-0.2, 0) is 0 Å². The van der Waals surface area contributed by atoms with Gasteiger partial charge in [0, 0.05) is 9.49 Å². The van der Waals surface area contributed by atoms with Gasteiger partial charge in [-0.25, -0.2) is 4.39 Å². The molecule has 0 aromatic heterocycles. The topological polar surface area (TPSA) is 17.1 Å². The Morgan fingerprint density at radius 1 is 1.25 bits per heavy atom. The van der Waals surface area contributed by atoms with E-state index in [1.165, 1.54) is 12.5 Å². The summed E-state index contributed by atoms with van der Waals surface area (Å²) in [5.41, 5.74) is 0.277. The highest BCUT2D eigenvalue weighted by molar-refractivity contribution is 14.1. The third-order valence-corrected chi connectivity index (χ3v) is 3.84. The van der Waals surface area contributed by atoms with E-state index in [-0.39, 0.29) is 23.1 Å². The van der Waals surface area contributed by atoms with E-state index in [2.05, 4.69) is 22.6 Å². The lowest BCUT2D eigenvalue weighted by atomic mass is 9.84. The van der Waals surface area contributed by atoms with Gasteiger partial charge in [-0.1, -0.05) is 19.3 Å². The van der Waals surface area contributed by atoms with Crippen molar-refractivity contribution in [2.75, 3.05) is 0 Å². The standard InChI is InChI=1S/C13H14FIO/c14-12-7-6-10(15)8-11(12)13(16)9-4-2-1-3-5-9/h6-9H,1-5H2. The second kappa shape index (κ2) is 5.25. The fourth-order valence-corrected chi connectivity index (χ4v) is 2.76. The van der Waals surface area contributed by atoms with E-state index >= 15 is 0 Å². The van der Waals surface area contributed by atoms with Gasteiger partial charge in [-0.3, -0.25) is 4.79 Å². The molecule has 16 heavy (non-hydrogen) atoms. The van der Waals surface area contributed by atoms with Crippen molar-refractivity contribution in [3.63, 3.8) is 0 Å². The molecule has 1 aliphatic carbocycles. The van der Waals surface area contributed by atoms with E-state index in [9.17, 15) is 9.18 Å². The van der Waals surface area contributed by atoms with Gasteiger partial charge < -0.3 is 0 Å². The minimum absolute atomic E-state index is 0.00397. The first-order chi connectivity index (χ1) is 7.68. The summed E-state index contributed by atoms with van der Waals surface area (Å²) in [6.45, 7) is 0. The van der Waals surface area contributed by atoms with Gasteiger partial charge in [0.2, 0.25) is 0 Å². The van der Waals surface area contributed by atoms with Gasteiger partial charge in [-0.05, 0) is 53.6 Å². The van der Waals surface area contributed by atoms with Gasteiger partial charge >= 0.3 is 0 Å². The van der Waals surface area contributed by atoms with Gasteiger partial charge in [0.1, 0.15) is 5.82 Å². The van der Waals surface area contributed by atoms with Crippen molar-refractivity contribution in [1.82, 2.24) is 0 Å². The molecular formula is C13H14FIO. The van der Waals surface area contributed by atoms with Crippen molar-refractivity contribution in [1.29, 1.82) is 0 Å². The summed E-state index contributed by atoms with van der Waals surface area (Å²) in [5.74, 6) is -0.340. The number of hydrogen-bond donors (Lipinski definition) is 0. The number of hydrogen-bond acceptors (Lipinski definition) is 1. The quantitative estimate of drug-likeness (QED) is 0.586. The maximum atomic E-state index is 13.6. The van der Waals surface area contributed by atoms with Crippen LogP contribution in [0.25, 0.3) is 0 Å². The number of benzene rings is 1. The lowest BCUT2D eigenvalue weighted by Gasteiger charge is -2.20. The Hall–Kier alpha value is -0.450. The number of carbonyl (C=O) groups is 1. The molecule has 0 saturated heterocycles. The molecule has 0 aliphatic heterocycles. The Labute approximate surface area is 109 Å². The largest absolute Gasteiger partial charge is 0.294 e. The zero-order valence-electron chi connectivity index (χ0n) is 9.01. The molecule has 1 aromatic rings. The summed E-state index contributed by atoms with van der Waals surface area (Å²) in [4.78, 5) is 12.1. The summed E-state index contributed by atoms with van der Waals surface area (Å²) < 4.78 is 14.5. The van der Waals surface area contributed by atoms with Crippen molar-refractivity contribution in [2.45, 2.75) is 32.1 Å². The molecule has 1 aromatic carbocycles. The lowest BCUT2D eigenvalue weighted by Crippen LogP contribution is -2.19. The van der Waals surface area contributed by atoms with Gasteiger partial charge in [-0.2, -0.15) is 0 Å². The van der Waals surface area contributed by atoms with Crippen molar-refractivity contribution >= 4 is 28.4 Å². The number of carbonyl (C=O) groups excluding carboxylic acids is 1. The van der Waals surface area contributed by atoms with Crippen LogP contribution in [0.1, 0.15) is 42.5 Å². The Balaban J connectivity index is 2.22. The number of ketones is 1. The van der Waals surface area contributed by atoms with E-state index in [4.69, 9.17) is 0 Å². The zero-order chi connectivity index (χ0) is 11.5. The fourth-order valence-electron chi connectivity index (χ4n) is 2.27. The highest BCUT2D eigenvalue weighted by atomic mass is 127. The van der Waals surface area contributed by atoms with E-state index in [1.54, 1.807) is 12.1 Å². The molecule has 0 bridgehead atoms. The SMILES string of the molecule is O=C(c1cc(I)ccc1F)C1CCCCC1. The van der Waals surface area contributed by atoms with Crippen LogP contribution >= 0.6 is 22.6 Å². The van der Waals surface area contributed by atoms with E-state index in [1.807, 2.05) is 0 Å². The Kier molecular flexibility index (Phi) is 3.95. The zero-order valence-corrected chi connectivity index (χ0v) is 11.2. The molecule has 0 amide bonds. The van der Waals surface area contributed by atoms with Gasteiger partial charge in [0.15, 0.2) is 5.78 Å². The highest BCUT2D eigenvalue weighted by Gasteiger charge is 2.24. The molecule has 0 atom stereocenters. The molecule has 1 fully saturated rings. The first kappa shape index (κ1) is 12.0.